The summed E-state index contributed by atoms with van der Waals surface area (Å²) in [4.78, 5) is 30.2. The lowest BCUT2D eigenvalue weighted by Gasteiger charge is -2.26. The number of likely N-dealkylation sites (tertiary alicyclic amines) is 1. The molecule has 7 nitrogen and oxygen atoms in total. The van der Waals surface area contributed by atoms with E-state index >= 15 is 0 Å². The first-order chi connectivity index (χ1) is 17.3. The molecular weight excluding hydrogens is 480 g/mol. The van der Waals surface area contributed by atoms with Crippen molar-refractivity contribution in [1.82, 2.24) is 4.90 Å². The number of rotatable bonds is 7. The minimum Gasteiger partial charge on any atom is -0.507 e. The molecule has 3 aromatic rings. The van der Waals surface area contributed by atoms with E-state index in [1.54, 1.807) is 25.3 Å². The number of aliphatic hydroxyl groups excluding tert-OH is 1. The van der Waals surface area contributed by atoms with E-state index < -0.39 is 17.7 Å². The summed E-state index contributed by atoms with van der Waals surface area (Å²) in [5.74, 6) is -0.930. The molecule has 1 aliphatic heterocycles. The number of anilines is 1. The van der Waals surface area contributed by atoms with E-state index in [-0.39, 0.29) is 23.4 Å². The van der Waals surface area contributed by atoms with Gasteiger partial charge in [-0.15, -0.1) is 0 Å². The number of ketones is 1. The second-order valence-electron chi connectivity index (χ2n) is 8.57. The quantitative estimate of drug-likeness (QED) is 0.274. The maximum absolute atomic E-state index is 13.4. The van der Waals surface area contributed by atoms with Crippen molar-refractivity contribution in [2.75, 3.05) is 33.2 Å². The maximum Gasteiger partial charge on any atom is 0.295 e. The van der Waals surface area contributed by atoms with Crippen molar-refractivity contribution in [3.05, 3.63) is 94.0 Å². The highest BCUT2D eigenvalue weighted by molar-refractivity contribution is 6.46. The Balaban J connectivity index is 1.91. The molecular formula is C28H27ClN2O5. The fraction of sp³-hybridized carbons (Fsp3) is 0.214. The van der Waals surface area contributed by atoms with Crippen LogP contribution in [-0.2, 0) is 16.1 Å². The van der Waals surface area contributed by atoms with Gasteiger partial charge in [-0.2, -0.15) is 0 Å². The van der Waals surface area contributed by atoms with Gasteiger partial charge in [0.25, 0.3) is 11.7 Å². The zero-order valence-corrected chi connectivity index (χ0v) is 21.2. The van der Waals surface area contributed by atoms with Crippen molar-refractivity contribution in [3.63, 3.8) is 0 Å². The SMILES string of the molecule is COc1ccccc1CN1C(=O)C(=O)/C(=C(/O)c2cc(Cl)ccc2OC)C1c1ccc(N(C)C)cc1. The third-order valence-corrected chi connectivity index (χ3v) is 6.45. The maximum atomic E-state index is 13.4. The molecule has 1 unspecified atom stereocenters. The molecule has 8 heteroatoms. The van der Waals surface area contributed by atoms with Crippen LogP contribution >= 0.6 is 11.6 Å². The minimum atomic E-state index is -0.838. The molecule has 0 aliphatic carbocycles. The van der Waals surface area contributed by atoms with Crippen molar-refractivity contribution in [1.29, 1.82) is 0 Å². The van der Waals surface area contributed by atoms with Crippen LogP contribution in [0.3, 0.4) is 0 Å². The molecule has 0 saturated carbocycles. The highest BCUT2D eigenvalue weighted by Gasteiger charge is 2.46. The predicted molar refractivity (Wildman–Crippen MR) is 140 cm³/mol. The van der Waals surface area contributed by atoms with E-state index in [2.05, 4.69) is 0 Å². The first-order valence-electron chi connectivity index (χ1n) is 11.3. The molecule has 36 heavy (non-hydrogen) atoms. The lowest BCUT2D eigenvalue weighted by molar-refractivity contribution is -0.140. The van der Waals surface area contributed by atoms with Gasteiger partial charge < -0.3 is 24.4 Å². The number of hydrogen-bond donors (Lipinski definition) is 1. The second kappa shape index (κ2) is 10.3. The standard InChI is InChI=1S/C28H27ClN2O5/c1-30(2)20-12-9-17(10-13-20)25-24(26(32)21-15-19(29)11-14-23(21)36-4)27(33)28(34)31(25)16-18-7-5-6-8-22(18)35-3/h5-15,25,32H,16H2,1-4H3/b26-24+. The number of carbonyl (C=O) groups excluding carboxylic acids is 2. The van der Waals surface area contributed by atoms with E-state index in [1.165, 1.54) is 18.1 Å². The molecule has 1 atom stereocenters. The van der Waals surface area contributed by atoms with Gasteiger partial charge in [0.1, 0.15) is 17.3 Å². The normalized spacial score (nSPS) is 16.8. The Labute approximate surface area is 215 Å². The first kappa shape index (κ1) is 25.1. The van der Waals surface area contributed by atoms with E-state index in [0.29, 0.717) is 22.1 Å². The molecule has 3 aromatic carbocycles. The molecule has 1 aliphatic rings. The number of amides is 1. The zero-order valence-electron chi connectivity index (χ0n) is 20.5. The average molecular weight is 507 g/mol. The third kappa shape index (κ3) is 4.62. The number of ether oxygens (including phenoxy) is 2. The summed E-state index contributed by atoms with van der Waals surface area (Å²) in [5.41, 5.74) is 2.56. The third-order valence-electron chi connectivity index (χ3n) is 6.22. The fourth-order valence-corrected chi connectivity index (χ4v) is 4.54. The summed E-state index contributed by atoms with van der Waals surface area (Å²) in [5, 5.41) is 11.8. The Morgan fingerprint density at radius 3 is 2.28 bits per heavy atom. The number of methoxy groups -OCH3 is 2. The molecule has 1 heterocycles. The van der Waals surface area contributed by atoms with Gasteiger partial charge in [-0.1, -0.05) is 41.9 Å². The number of aliphatic hydroxyl groups is 1. The Kier molecular flexibility index (Phi) is 7.22. The Bertz CT molecular complexity index is 1330. The molecule has 4 rings (SSSR count). The minimum absolute atomic E-state index is 0.0342. The molecule has 1 saturated heterocycles. The van der Waals surface area contributed by atoms with E-state index in [9.17, 15) is 14.7 Å². The van der Waals surface area contributed by atoms with Crippen molar-refractivity contribution < 1.29 is 24.2 Å². The summed E-state index contributed by atoms with van der Waals surface area (Å²) in [6.45, 7) is 0.109. The molecule has 1 fully saturated rings. The van der Waals surface area contributed by atoms with Gasteiger partial charge in [0.05, 0.1) is 37.9 Å². The van der Waals surface area contributed by atoms with Crippen molar-refractivity contribution >= 4 is 34.7 Å². The molecule has 0 radical (unpaired) electrons. The summed E-state index contributed by atoms with van der Waals surface area (Å²) >= 11 is 6.19. The van der Waals surface area contributed by atoms with Crippen molar-refractivity contribution in [2.45, 2.75) is 12.6 Å². The fourth-order valence-electron chi connectivity index (χ4n) is 4.37. The van der Waals surface area contributed by atoms with Crippen molar-refractivity contribution in [3.8, 4) is 11.5 Å². The van der Waals surface area contributed by atoms with Crippen LogP contribution in [-0.4, -0.2) is 50.0 Å². The number of halogens is 1. The van der Waals surface area contributed by atoms with Crippen LogP contribution in [0.15, 0.2) is 72.3 Å². The lowest BCUT2D eigenvalue weighted by atomic mass is 9.94. The summed E-state index contributed by atoms with van der Waals surface area (Å²) in [6.07, 6.45) is 0. The lowest BCUT2D eigenvalue weighted by Crippen LogP contribution is -2.29. The van der Waals surface area contributed by atoms with E-state index in [4.69, 9.17) is 21.1 Å². The number of hydrogen-bond acceptors (Lipinski definition) is 6. The number of nitrogens with zero attached hydrogens (tertiary/aromatic N) is 2. The van der Waals surface area contributed by atoms with Gasteiger partial charge in [-0.05, 0) is 42.0 Å². The Hall–Kier alpha value is -3.97. The number of Topliss-reactive ketones (excluding diaryl/α,β-unsaturated/α-hetero) is 1. The summed E-state index contributed by atoms with van der Waals surface area (Å²) < 4.78 is 10.9. The second-order valence-corrected chi connectivity index (χ2v) is 9.01. The van der Waals surface area contributed by atoms with Gasteiger partial charge in [0.15, 0.2) is 0 Å². The predicted octanol–water partition coefficient (Wildman–Crippen LogP) is 5.05. The van der Waals surface area contributed by atoms with Gasteiger partial charge >= 0.3 is 0 Å². The van der Waals surface area contributed by atoms with Crippen LogP contribution in [0.1, 0.15) is 22.7 Å². The van der Waals surface area contributed by atoms with Gasteiger partial charge in [0.2, 0.25) is 0 Å². The monoisotopic (exact) mass is 506 g/mol. The van der Waals surface area contributed by atoms with Crippen LogP contribution in [0.25, 0.3) is 5.76 Å². The number of benzene rings is 3. The topological polar surface area (TPSA) is 79.3 Å². The zero-order chi connectivity index (χ0) is 26.0. The van der Waals surface area contributed by atoms with Crippen LogP contribution in [0.2, 0.25) is 5.02 Å². The molecule has 0 aromatic heterocycles. The van der Waals surface area contributed by atoms with Crippen LogP contribution in [0.5, 0.6) is 11.5 Å². The summed E-state index contributed by atoms with van der Waals surface area (Å²) in [6, 6.07) is 18.7. The Morgan fingerprint density at radius 2 is 1.64 bits per heavy atom. The number of para-hydroxylation sites is 1. The largest absolute Gasteiger partial charge is 0.507 e. The molecule has 1 amide bonds. The van der Waals surface area contributed by atoms with Gasteiger partial charge in [-0.25, -0.2) is 0 Å². The van der Waals surface area contributed by atoms with Crippen LogP contribution in [0, 0.1) is 0 Å². The molecule has 186 valence electrons. The van der Waals surface area contributed by atoms with E-state index in [1.807, 2.05) is 61.5 Å². The van der Waals surface area contributed by atoms with Gasteiger partial charge in [0, 0.05) is 30.4 Å². The van der Waals surface area contributed by atoms with Crippen LogP contribution in [0.4, 0.5) is 5.69 Å². The van der Waals surface area contributed by atoms with Crippen molar-refractivity contribution in [2.24, 2.45) is 0 Å². The highest BCUT2D eigenvalue weighted by atomic mass is 35.5. The van der Waals surface area contributed by atoms with E-state index in [0.717, 1.165) is 11.3 Å². The number of carbonyl (C=O) groups is 2. The smallest absolute Gasteiger partial charge is 0.295 e. The Morgan fingerprint density at radius 1 is 0.972 bits per heavy atom. The average Bonchev–Trinajstić information content (AvgIpc) is 3.13. The van der Waals surface area contributed by atoms with Gasteiger partial charge in [-0.3, -0.25) is 9.59 Å². The highest BCUT2D eigenvalue weighted by Crippen LogP contribution is 2.43. The van der Waals surface area contributed by atoms with Crippen LogP contribution < -0.4 is 14.4 Å². The molecule has 1 N–H and O–H groups in total. The first-order valence-corrected chi connectivity index (χ1v) is 11.7. The molecule has 0 bridgehead atoms. The summed E-state index contributed by atoms with van der Waals surface area (Å²) in [7, 11) is 6.86. The molecule has 0 spiro atoms.